The maximum atomic E-state index is 13.6. The SMILES string of the molecule is CN(CC(O)c1c(F)cccc1F)S(=O)(=O)c1ccc(F)cc1. The number of aliphatic hydroxyl groups excluding tert-OH is 1. The van der Waals surface area contributed by atoms with Crippen LogP contribution in [-0.2, 0) is 10.0 Å². The largest absolute Gasteiger partial charge is 0.387 e. The Bertz CT molecular complexity index is 774. The summed E-state index contributed by atoms with van der Waals surface area (Å²) in [5.74, 6) is -2.53. The monoisotopic (exact) mass is 345 g/mol. The summed E-state index contributed by atoms with van der Waals surface area (Å²) >= 11 is 0. The molecule has 0 aliphatic heterocycles. The number of halogens is 3. The first-order chi connectivity index (χ1) is 10.7. The number of hydrogen-bond acceptors (Lipinski definition) is 3. The lowest BCUT2D eigenvalue weighted by atomic mass is 10.1. The lowest BCUT2D eigenvalue weighted by molar-refractivity contribution is 0.146. The van der Waals surface area contributed by atoms with Gasteiger partial charge in [-0.2, -0.15) is 4.31 Å². The Labute approximate surface area is 131 Å². The van der Waals surface area contributed by atoms with Crippen molar-refractivity contribution in [3.63, 3.8) is 0 Å². The lowest BCUT2D eigenvalue weighted by Crippen LogP contribution is -2.31. The van der Waals surface area contributed by atoms with Gasteiger partial charge in [0.15, 0.2) is 0 Å². The van der Waals surface area contributed by atoms with Crippen molar-refractivity contribution in [3.8, 4) is 0 Å². The molecule has 0 heterocycles. The van der Waals surface area contributed by atoms with Crippen LogP contribution in [0.2, 0.25) is 0 Å². The Morgan fingerprint density at radius 3 is 2.09 bits per heavy atom. The molecule has 8 heteroatoms. The van der Waals surface area contributed by atoms with Gasteiger partial charge < -0.3 is 5.11 Å². The molecule has 0 bridgehead atoms. The summed E-state index contributed by atoms with van der Waals surface area (Å²) in [4.78, 5) is -0.192. The number of nitrogens with zero attached hydrogens (tertiary/aromatic N) is 1. The van der Waals surface area contributed by atoms with E-state index in [1.54, 1.807) is 0 Å². The quantitative estimate of drug-likeness (QED) is 0.906. The summed E-state index contributed by atoms with van der Waals surface area (Å²) < 4.78 is 65.4. The summed E-state index contributed by atoms with van der Waals surface area (Å²) in [6.45, 7) is -0.558. The van der Waals surface area contributed by atoms with Crippen LogP contribution >= 0.6 is 0 Å². The summed E-state index contributed by atoms with van der Waals surface area (Å²) in [7, 11) is -2.87. The van der Waals surface area contributed by atoms with Crippen molar-refractivity contribution < 1.29 is 26.7 Å². The summed E-state index contributed by atoms with van der Waals surface area (Å²) in [5.41, 5.74) is -0.603. The molecule has 124 valence electrons. The van der Waals surface area contributed by atoms with E-state index in [1.807, 2.05) is 0 Å². The minimum atomic E-state index is -4.02. The lowest BCUT2D eigenvalue weighted by Gasteiger charge is -2.21. The van der Waals surface area contributed by atoms with Crippen molar-refractivity contribution in [1.29, 1.82) is 0 Å². The van der Waals surface area contributed by atoms with Crippen molar-refractivity contribution in [3.05, 3.63) is 65.5 Å². The van der Waals surface area contributed by atoms with Gasteiger partial charge in [0.2, 0.25) is 10.0 Å². The fraction of sp³-hybridized carbons (Fsp3) is 0.200. The van der Waals surface area contributed by atoms with Crippen molar-refractivity contribution >= 4 is 10.0 Å². The normalized spacial score (nSPS) is 13.3. The van der Waals surface area contributed by atoms with Gasteiger partial charge in [-0.15, -0.1) is 0 Å². The Morgan fingerprint density at radius 2 is 1.57 bits per heavy atom. The second-order valence-corrected chi connectivity index (χ2v) is 6.94. The fourth-order valence-electron chi connectivity index (χ4n) is 2.05. The van der Waals surface area contributed by atoms with Crippen LogP contribution in [0.25, 0.3) is 0 Å². The third kappa shape index (κ3) is 3.72. The highest BCUT2D eigenvalue weighted by Gasteiger charge is 2.26. The van der Waals surface area contributed by atoms with Gasteiger partial charge >= 0.3 is 0 Å². The standard InChI is InChI=1S/C15H14F3NO3S/c1-19(23(21,22)11-7-5-10(16)6-8-11)9-14(20)15-12(17)3-2-4-13(15)18/h2-8,14,20H,9H2,1H3. The first kappa shape index (κ1) is 17.5. The number of hydrogen-bond donors (Lipinski definition) is 1. The molecule has 1 N–H and O–H groups in total. The van der Waals surface area contributed by atoms with Gasteiger partial charge in [-0.3, -0.25) is 0 Å². The highest BCUT2D eigenvalue weighted by molar-refractivity contribution is 7.89. The van der Waals surface area contributed by atoms with E-state index in [1.165, 1.54) is 0 Å². The third-order valence-electron chi connectivity index (χ3n) is 3.28. The van der Waals surface area contributed by atoms with Crippen molar-refractivity contribution in [2.24, 2.45) is 0 Å². The number of rotatable bonds is 5. The predicted molar refractivity (Wildman–Crippen MR) is 77.5 cm³/mol. The molecule has 2 aromatic carbocycles. The van der Waals surface area contributed by atoms with E-state index in [4.69, 9.17) is 0 Å². The Balaban J connectivity index is 2.24. The number of benzene rings is 2. The highest BCUT2D eigenvalue weighted by atomic mass is 32.2. The zero-order valence-electron chi connectivity index (χ0n) is 12.1. The Kier molecular flexibility index (Phi) is 5.08. The van der Waals surface area contributed by atoms with Gasteiger partial charge in [-0.25, -0.2) is 21.6 Å². The van der Waals surface area contributed by atoms with Gasteiger partial charge in [0.25, 0.3) is 0 Å². The topological polar surface area (TPSA) is 57.6 Å². The molecule has 1 atom stereocenters. The smallest absolute Gasteiger partial charge is 0.242 e. The zero-order valence-corrected chi connectivity index (χ0v) is 12.9. The van der Waals surface area contributed by atoms with Gasteiger partial charge in [0, 0.05) is 13.6 Å². The molecule has 2 aromatic rings. The molecule has 0 aliphatic rings. The van der Waals surface area contributed by atoms with Crippen LogP contribution in [0.3, 0.4) is 0 Å². The van der Waals surface area contributed by atoms with Crippen LogP contribution in [0.4, 0.5) is 13.2 Å². The second kappa shape index (κ2) is 6.69. The number of aliphatic hydroxyl groups is 1. The maximum absolute atomic E-state index is 13.6. The first-order valence-corrected chi connectivity index (χ1v) is 8.01. The van der Waals surface area contributed by atoms with Gasteiger partial charge in [0.1, 0.15) is 17.5 Å². The predicted octanol–water partition coefficient (Wildman–Crippen LogP) is 2.46. The average molecular weight is 345 g/mol. The van der Waals surface area contributed by atoms with E-state index >= 15 is 0 Å². The molecule has 0 saturated carbocycles. The molecule has 0 aromatic heterocycles. The minimum Gasteiger partial charge on any atom is -0.387 e. The van der Waals surface area contributed by atoms with Crippen LogP contribution in [0.5, 0.6) is 0 Å². The van der Waals surface area contributed by atoms with Crippen LogP contribution in [0, 0.1) is 17.5 Å². The highest BCUT2D eigenvalue weighted by Crippen LogP contribution is 2.23. The van der Waals surface area contributed by atoms with Crippen molar-refractivity contribution in [1.82, 2.24) is 4.31 Å². The molecular formula is C15H14F3NO3S. The zero-order chi connectivity index (χ0) is 17.2. The van der Waals surface area contributed by atoms with Gasteiger partial charge in [-0.1, -0.05) is 6.07 Å². The molecule has 0 fully saturated rings. The van der Waals surface area contributed by atoms with Crippen LogP contribution < -0.4 is 0 Å². The number of sulfonamides is 1. The first-order valence-electron chi connectivity index (χ1n) is 6.57. The second-order valence-electron chi connectivity index (χ2n) is 4.89. The van der Waals surface area contributed by atoms with Crippen LogP contribution in [-0.4, -0.2) is 31.4 Å². The van der Waals surface area contributed by atoms with Gasteiger partial charge in [0.05, 0.1) is 16.6 Å². The Morgan fingerprint density at radius 1 is 1.04 bits per heavy atom. The molecule has 4 nitrogen and oxygen atoms in total. The molecule has 1 unspecified atom stereocenters. The van der Waals surface area contributed by atoms with Crippen LogP contribution in [0.1, 0.15) is 11.7 Å². The molecule has 0 saturated heterocycles. The molecule has 23 heavy (non-hydrogen) atoms. The summed E-state index contributed by atoms with van der Waals surface area (Å²) in [5, 5.41) is 9.96. The molecule has 0 spiro atoms. The molecule has 0 radical (unpaired) electrons. The minimum absolute atomic E-state index is 0.192. The summed E-state index contributed by atoms with van der Waals surface area (Å²) in [6, 6.07) is 7.17. The molecule has 0 aliphatic carbocycles. The van der Waals surface area contributed by atoms with Crippen molar-refractivity contribution in [2.45, 2.75) is 11.0 Å². The van der Waals surface area contributed by atoms with Gasteiger partial charge in [-0.05, 0) is 36.4 Å². The molecule has 2 rings (SSSR count). The van der Waals surface area contributed by atoms with E-state index in [9.17, 15) is 26.7 Å². The Hall–Kier alpha value is -1.90. The summed E-state index contributed by atoms with van der Waals surface area (Å²) in [6.07, 6.45) is -1.68. The van der Waals surface area contributed by atoms with E-state index in [-0.39, 0.29) is 4.90 Å². The fourth-order valence-corrected chi connectivity index (χ4v) is 3.23. The van der Waals surface area contributed by atoms with E-state index in [0.717, 1.165) is 53.8 Å². The van der Waals surface area contributed by atoms with Crippen molar-refractivity contribution in [2.75, 3.05) is 13.6 Å². The molecular weight excluding hydrogens is 331 g/mol. The van der Waals surface area contributed by atoms with E-state index in [0.29, 0.717) is 0 Å². The number of likely N-dealkylation sites (N-methyl/N-ethyl adjacent to an activating group) is 1. The van der Waals surface area contributed by atoms with E-state index < -0.39 is 45.7 Å². The molecule has 0 amide bonds. The third-order valence-corrected chi connectivity index (χ3v) is 5.12. The average Bonchev–Trinajstić information content (AvgIpc) is 2.47. The van der Waals surface area contributed by atoms with Crippen LogP contribution in [0.15, 0.2) is 47.4 Å². The van der Waals surface area contributed by atoms with E-state index in [2.05, 4.69) is 0 Å². The maximum Gasteiger partial charge on any atom is 0.242 e.